The van der Waals surface area contributed by atoms with E-state index in [4.69, 9.17) is 5.73 Å². The second-order valence-electron chi connectivity index (χ2n) is 5.44. The van der Waals surface area contributed by atoms with Gasteiger partial charge >= 0.3 is 6.55 Å². The van der Waals surface area contributed by atoms with E-state index in [-0.39, 0.29) is 17.9 Å². The fraction of sp³-hybridized carbons (Fsp3) is 0.357. The van der Waals surface area contributed by atoms with Crippen molar-refractivity contribution in [3.63, 3.8) is 0 Å². The third-order valence-electron chi connectivity index (χ3n) is 3.53. The first-order valence-electron chi connectivity index (χ1n) is 7.48. The number of primary amides is 1. The summed E-state index contributed by atoms with van der Waals surface area (Å²) >= 11 is 0. The number of imidazole rings is 1. The monoisotopic (exact) mass is 350 g/mol. The molecule has 0 saturated carbocycles. The van der Waals surface area contributed by atoms with Crippen molar-refractivity contribution in [2.24, 2.45) is 5.73 Å². The first-order chi connectivity index (χ1) is 11.9. The van der Waals surface area contributed by atoms with Crippen molar-refractivity contribution in [3.8, 4) is 11.5 Å². The highest BCUT2D eigenvalue weighted by Gasteiger charge is 2.19. The number of nitrogens with zero attached hydrogens (tertiary/aromatic N) is 6. The molecule has 0 spiro atoms. The average molecular weight is 350 g/mol. The highest BCUT2D eigenvalue weighted by molar-refractivity contribution is 5.75. The normalized spacial score (nSPS) is 11.4. The molecule has 0 aliphatic rings. The van der Waals surface area contributed by atoms with Gasteiger partial charge in [0.05, 0.1) is 12.7 Å². The predicted molar refractivity (Wildman–Crippen MR) is 82.4 cm³/mol. The van der Waals surface area contributed by atoms with Crippen LogP contribution < -0.4 is 5.73 Å². The summed E-state index contributed by atoms with van der Waals surface area (Å²) < 4.78 is 28.0. The third-order valence-corrected chi connectivity index (χ3v) is 3.53. The molecule has 0 fully saturated rings. The van der Waals surface area contributed by atoms with Crippen LogP contribution in [0.2, 0.25) is 0 Å². The van der Waals surface area contributed by atoms with Crippen LogP contribution >= 0.6 is 0 Å². The number of rotatable bonds is 7. The summed E-state index contributed by atoms with van der Waals surface area (Å²) in [6.45, 7) is -0.817. The predicted octanol–water partition coefficient (Wildman–Crippen LogP) is 0.839. The van der Waals surface area contributed by atoms with Crippen molar-refractivity contribution in [1.29, 1.82) is 0 Å². The standard InChI is InChI=1S/C14H16F2N8O/c1-8-4-10(21-24(8)14(15)16)13-20-12(5-11(17)25)22-23(13)3-2-9-6-18-7-19-9/h4,6-7,14H,2-3,5H2,1H3,(H2,17,25)(H,18,19). The summed E-state index contributed by atoms with van der Waals surface area (Å²) in [5.74, 6) is -0.0545. The Balaban J connectivity index is 1.93. The molecule has 3 heterocycles. The van der Waals surface area contributed by atoms with Crippen LogP contribution in [0.1, 0.15) is 23.8 Å². The summed E-state index contributed by atoms with van der Waals surface area (Å²) in [6.07, 6.45) is 3.67. The number of aromatic amines is 1. The Kier molecular flexibility index (Phi) is 4.55. The molecule has 25 heavy (non-hydrogen) atoms. The molecule has 9 nitrogen and oxygen atoms in total. The Morgan fingerprint density at radius 1 is 1.40 bits per heavy atom. The lowest BCUT2D eigenvalue weighted by molar-refractivity contribution is -0.117. The molecule has 3 aromatic heterocycles. The molecule has 0 aromatic carbocycles. The summed E-state index contributed by atoms with van der Waals surface area (Å²) in [5, 5.41) is 8.13. The number of hydrogen-bond acceptors (Lipinski definition) is 5. The Bertz CT molecular complexity index is 868. The van der Waals surface area contributed by atoms with Gasteiger partial charge in [-0.15, -0.1) is 0 Å². The van der Waals surface area contributed by atoms with E-state index in [1.165, 1.54) is 17.7 Å². The molecule has 0 unspecified atom stereocenters. The second kappa shape index (κ2) is 6.79. The molecule has 3 aromatic rings. The van der Waals surface area contributed by atoms with Crippen LogP contribution in [0.5, 0.6) is 0 Å². The van der Waals surface area contributed by atoms with E-state index in [0.29, 0.717) is 29.2 Å². The molecule has 0 radical (unpaired) electrons. The number of carbonyl (C=O) groups excluding carboxylic acids is 1. The molecule has 11 heteroatoms. The van der Waals surface area contributed by atoms with Crippen LogP contribution in [0.4, 0.5) is 8.78 Å². The van der Waals surface area contributed by atoms with Gasteiger partial charge in [0.25, 0.3) is 0 Å². The maximum Gasteiger partial charge on any atom is 0.333 e. The topological polar surface area (TPSA) is 120 Å². The molecule has 0 saturated heterocycles. The van der Waals surface area contributed by atoms with Crippen LogP contribution in [0.25, 0.3) is 11.5 Å². The van der Waals surface area contributed by atoms with E-state index < -0.39 is 12.5 Å². The number of carbonyl (C=O) groups is 1. The summed E-state index contributed by atoms with van der Waals surface area (Å²) in [4.78, 5) is 22.3. The highest BCUT2D eigenvalue weighted by atomic mass is 19.3. The van der Waals surface area contributed by atoms with E-state index in [1.54, 1.807) is 12.5 Å². The SMILES string of the molecule is Cc1cc(-c2nc(CC(N)=O)nn2CCc2cnc[nH]2)nn1C(F)F. The van der Waals surface area contributed by atoms with Crippen molar-refractivity contribution < 1.29 is 13.6 Å². The maximum atomic E-state index is 13.0. The van der Waals surface area contributed by atoms with Crippen LogP contribution in [-0.2, 0) is 24.2 Å². The number of nitrogens with one attached hydrogen (secondary N) is 1. The zero-order chi connectivity index (χ0) is 18.0. The molecule has 0 aliphatic heterocycles. The fourth-order valence-electron chi connectivity index (χ4n) is 2.41. The van der Waals surface area contributed by atoms with Crippen LogP contribution in [0.15, 0.2) is 18.6 Å². The van der Waals surface area contributed by atoms with Gasteiger partial charge < -0.3 is 10.7 Å². The van der Waals surface area contributed by atoms with Gasteiger partial charge in [-0.05, 0) is 13.0 Å². The van der Waals surface area contributed by atoms with Gasteiger partial charge in [0.2, 0.25) is 5.91 Å². The fourth-order valence-corrected chi connectivity index (χ4v) is 2.41. The molecular formula is C14H16F2N8O. The van der Waals surface area contributed by atoms with Crippen LogP contribution in [0.3, 0.4) is 0 Å². The van der Waals surface area contributed by atoms with Crippen LogP contribution in [0, 0.1) is 6.92 Å². The molecule has 3 rings (SSSR count). The number of H-pyrrole nitrogens is 1. The first-order valence-corrected chi connectivity index (χ1v) is 7.48. The van der Waals surface area contributed by atoms with Gasteiger partial charge in [0.15, 0.2) is 11.6 Å². The van der Waals surface area contributed by atoms with E-state index >= 15 is 0 Å². The minimum atomic E-state index is -2.75. The second-order valence-corrected chi connectivity index (χ2v) is 5.44. The molecule has 1 amide bonds. The van der Waals surface area contributed by atoms with Gasteiger partial charge in [-0.3, -0.25) is 4.79 Å². The number of nitrogens with two attached hydrogens (primary N) is 1. The summed E-state index contributed by atoms with van der Waals surface area (Å²) in [5.41, 5.74) is 6.61. The van der Waals surface area contributed by atoms with Crippen LogP contribution in [-0.4, -0.2) is 40.4 Å². The van der Waals surface area contributed by atoms with E-state index in [1.807, 2.05) is 0 Å². The largest absolute Gasteiger partial charge is 0.369 e. The Labute approximate surface area is 140 Å². The molecule has 0 aliphatic carbocycles. The quantitative estimate of drug-likeness (QED) is 0.654. The number of aromatic nitrogens is 7. The summed E-state index contributed by atoms with van der Waals surface area (Å²) in [7, 11) is 0. The number of alkyl halides is 2. The number of aryl methyl sites for hydroxylation is 3. The minimum absolute atomic E-state index is 0.140. The number of halogens is 2. The van der Waals surface area contributed by atoms with Gasteiger partial charge in [-0.2, -0.15) is 19.0 Å². The van der Waals surface area contributed by atoms with E-state index in [9.17, 15) is 13.6 Å². The average Bonchev–Trinajstić information content (AvgIpc) is 3.23. The lowest BCUT2D eigenvalue weighted by Gasteiger charge is -2.03. The molecule has 0 bridgehead atoms. The van der Waals surface area contributed by atoms with E-state index in [2.05, 4.69) is 25.1 Å². The van der Waals surface area contributed by atoms with Gasteiger partial charge in [0.1, 0.15) is 5.69 Å². The molecule has 3 N–H and O–H groups in total. The Morgan fingerprint density at radius 3 is 2.80 bits per heavy atom. The van der Waals surface area contributed by atoms with Crippen molar-refractivity contribution in [3.05, 3.63) is 35.8 Å². The molecule has 132 valence electrons. The smallest absolute Gasteiger partial charge is 0.333 e. The van der Waals surface area contributed by atoms with Crippen molar-refractivity contribution >= 4 is 5.91 Å². The first kappa shape index (κ1) is 16.7. The van der Waals surface area contributed by atoms with Gasteiger partial charge in [-0.25, -0.2) is 19.3 Å². The Morgan fingerprint density at radius 2 is 2.20 bits per heavy atom. The molecule has 0 atom stereocenters. The molecular weight excluding hydrogens is 334 g/mol. The van der Waals surface area contributed by atoms with Gasteiger partial charge in [-0.1, -0.05) is 0 Å². The minimum Gasteiger partial charge on any atom is -0.369 e. The van der Waals surface area contributed by atoms with Crippen molar-refractivity contribution in [1.82, 2.24) is 34.5 Å². The highest BCUT2D eigenvalue weighted by Crippen LogP contribution is 2.21. The van der Waals surface area contributed by atoms with Gasteiger partial charge in [0, 0.05) is 30.6 Å². The maximum absolute atomic E-state index is 13.0. The third kappa shape index (κ3) is 3.70. The van der Waals surface area contributed by atoms with E-state index in [0.717, 1.165) is 5.69 Å². The zero-order valence-electron chi connectivity index (χ0n) is 13.4. The zero-order valence-corrected chi connectivity index (χ0v) is 13.4. The lowest BCUT2D eigenvalue weighted by atomic mass is 10.3. The number of amides is 1. The summed E-state index contributed by atoms with van der Waals surface area (Å²) in [6, 6.07) is 1.50. The number of hydrogen-bond donors (Lipinski definition) is 2. The Hall–Kier alpha value is -3.11. The lowest BCUT2D eigenvalue weighted by Crippen LogP contribution is -2.15. The van der Waals surface area contributed by atoms with Crippen molar-refractivity contribution in [2.45, 2.75) is 32.9 Å². The van der Waals surface area contributed by atoms with Crippen molar-refractivity contribution in [2.75, 3.05) is 0 Å².